The number of hydrogen-bond acceptors (Lipinski definition) is 4. The summed E-state index contributed by atoms with van der Waals surface area (Å²) in [5.41, 5.74) is 0.843. The van der Waals surface area contributed by atoms with Gasteiger partial charge < -0.3 is 9.84 Å². The lowest BCUT2D eigenvalue weighted by molar-refractivity contribution is 0.0702. The SMILES string of the molecule is O=C(O)c1ccc(Oc2cccc3ncccc23)s1. The number of ether oxygens (including phenoxy) is 1. The molecule has 0 fully saturated rings. The van der Waals surface area contributed by atoms with E-state index in [1.165, 1.54) is 6.07 Å². The molecule has 0 aliphatic carbocycles. The molecule has 94 valence electrons. The van der Waals surface area contributed by atoms with E-state index in [1.54, 1.807) is 12.3 Å². The second-order valence-corrected chi connectivity index (χ2v) is 4.90. The fourth-order valence-corrected chi connectivity index (χ4v) is 2.47. The lowest BCUT2D eigenvalue weighted by Crippen LogP contribution is -1.89. The maximum atomic E-state index is 10.8. The first-order chi connectivity index (χ1) is 9.24. The van der Waals surface area contributed by atoms with Crippen molar-refractivity contribution in [3.8, 4) is 10.8 Å². The van der Waals surface area contributed by atoms with Crippen LogP contribution in [-0.4, -0.2) is 16.1 Å². The number of aromatic carboxylic acids is 1. The fraction of sp³-hybridized carbons (Fsp3) is 0. The number of nitrogens with zero attached hydrogens (tertiary/aromatic N) is 1. The molecule has 4 nitrogen and oxygen atoms in total. The van der Waals surface area contributed by atoms with Gasteiger partial charge in [0.2, 0.25) is 0 Å². The maximum absolute atomic E-state index is 10.8. The predicted molar refractivity (Wildman–Crippen MR) is 73.1 cm³/mol. The van der Waals surface area contributed by atoms with E-state index in [0.29, 0.717) is 10.8 Å². The Morgan fingerprint density at radius 2 is 2.05 bits per heavy atom. The third-order valence-corrected chi connectivity index (χ3v) is 3.56. The van der Waals surface area contributed by atoms with E-state index in [0.717, 1.165) is 22.2 Å². The van der Waals surface area contributed by atoms with Crippen LogP contribution in [0.5, 0.6) is 10.8 Å². The molecule has 2 aromatic heterocycles. The summed E-state index contributed by atoms with van der Waals surface area (Å²) < 4.78 is 5.74. The topological polar surface area (TPSA) is 59.4 Å². The highest BCUT2D eigenvalue weighted by molar-refractivity contribution is 7.15. The molecule has 0 atom stereocenters. The molecule has 5 heteroatoms. The fourth-order valence-electron chi connectivity index (χ4n) is 1.76. The van der Waals surface area contributed by atoms with E-state index in [2.05, 4.69) is 4.98 Å². The Morgan fingerprint density at radius 3 is 2.84 bits per heavy atom. The number of thiophene rings is 1. The van der Waals surface area contributed by atoms with E-state index in [1.807, 2.05) is 30.3 Å². The van der Waals surface area contributed by atoms with E-state index in [4.69, 9.17) is 9.84 Å². The Labute approximate surface area is 112 Å². The van der Waals surface area contributed by atoms with Gasteiger partial charge in [0, 0.05) is 11.6 Å². The molecule has 1 aromatic carbocycles. The van der Waals surface area contributed by atoms with Crippen LogP contribution in [0.1, 0.15) is 9.67 Å². The van der Waals surface area contributed by atoms with Crippen LogP contribution in [0.4, 0.5) is 0 Å². The second kappa shape index (κ2) is 4.70. The molecule has 2 heterocycles. The van der Waals surface area contributed by atoms with E-state index in [9.17, 15) is 4.79 Å². The van der Waals surface area contributed by atoms with Crippen molar-refractivity contribution in [1.82, 2.24) is 4.98 Å². The monoisotopic (exact) mass is 271 g/mol. The molecular formula is C14H9NO3S. The number of aromatic nitrogens is 1. The Kier molecular flexibility index (Phi) is 2.89. The lowest BCUT2D eigenvalue weighted by Gasteiger charge is -2.05. The number of pyridine rings is 1. The number of fused-ring (bicyclic) bond motifs is 1. The number of carbonyl (C=O) groups is 1. The molecule has 19 heavy (non-hydrogen) atoms. The van der Waals surface area contributed by atoms with E-state index in [-0.39, 0.29) is 4.88 Å². The summed E-state index contributed by atoms with van der Waals surface area (Å²) >= 11 is 1.10. The van der Waals surface area contributed by atoms with Gasteiger partial charge >= 0.3 is 5.97 Å². The summed E-state index contributed by atoms with van der Waals surface area (Å²) in [6.45, 7) is 0. The molecule has 0 amide bonds. The molecule has 0 aliphatic rings. The van der Waals surface area contributed by atoms with Gasteiger partial charge in [0.1, 0.15) is 10.6 Å². The average molecular weight is 271 g/mol. The summed E-state index contributed by atoms with van der Waals surface area (Å²) in [5.74, 6) is -0.274. The summed E-state index contributed by atoms with van der Waals surface area (Å²) in [6.07, 6.45) is 1.72. The van der Waals surface area contributed by atoms with Crippen LogP contribution in [0.3, 0.4) is 0 Å². The summed E-state index contributed by atoms with van der Waals surface area (Å²) in [5, 5.41) is 10.3. The van der Waals surface area contributed by atoms with E-state index < -0.39 is 5.97 Å². The first-order valence-electron chi connectivity index (χ1n) is 5.59. The number of rotatable bonds is 3. The quantitative estimate of drug-likeness (QED) is 0.787. The molecule has 1 N–H and O–H groups in total. The van der Waals surface area contributed by atoms with Crippen LogP contribution in [0, 0.1) is 0 Å². The molecule has 0 aliphatic heterocycles. The van der Waals surface area contributed by atoms with Gasteiger partial charge in [-0.15, -0.1) is 0 Å². The molecule has 0 unspecified atom stereocenters. The molecule has 0 bridgehead atoms. The largest absolute Gasteiger partial charge is 0.477 e. The Balaban J connectivity index is 1.98. The zero-order chi connectivity index (χ0) is 13.2. The minimum Gasteiger partial charge on any atom is -0.477 e. The van der Waals surface area contributed by atoms with Crippen molar-refractivity contribution in [2.24, 2.45) is 0 Å². The minimum atomic E-state index is -0.945. The summed E-state index contributed by atoms with van der Waals surface area (Å²) in [7, 11) is 0. The van der Waals surface area contributed by atoms with Crippen LogP contribution >= 0.6 is 11.3 Å². The van der Waals surface area contributed by atoms with Crippen molar-refractivity contribution >= 4 is 28.2 Å². The lowest BCUT2D eigenvalue weighted by atomic mass is 10.2. The van der Waals surface area contributed by atoms with Gasteiger partial charge in [-0.05, 0) is 36.4 Å². The van der Waals surface area contributed by atoms with Crippen LogP contribution in [0.15, 0.2) is 48.7 Å². The number of carboxylic acids is 1. The normalized spacial score (nSPS) is 10.5. The molecule has 0 saturated heterocycles. The van der Waals surface area contributed by atoms with Crippen LogP contribution < -0.4 is 4.74 Å². The number of hydrogen-bond donors (Lipinski definition) is 1. The summed E-state index contributed by atoms with van der Waals surface area (Å²) in [6, 6.07) is 12.5. The van der Waals surface area contributed by atoms with Gasteiger partial charge in [0.05, 0.1) is 5.52 Å². The van der Waals surface area contributed by atoms with Crippen molar-refractivity contribution in [3.63, 3.8) is 0 Å². The van der Waals surface area contributed by atoms with Crippen LogP contribution in [-0.2, 0) is 0 Å². The van der Waals surface area contributed by atoms with Crippen LogP contribution in [0.25, 0.3) is 10.9 Å². The summed E-state index contributed by atoms with van der Waals surface area (Å²) in [4.78, 5) is 15.3. The zero-order valence-corrected chi connectivity index (χ0v) is 10.6. The van der Waals surface area contributed by atoms with Crippen molar-refractivity contribution in [2.75, 3.05) is 0 Å². The van der Waals surface area contributed by atoms with Crippen molar-refractivity contribution in [2.45, 2.75) is 0 Å². The third-order valence-electron chi connectivity index (χ3n) is 2.61. The Morgan fingerprint density at radius 1 is 1.16 bits per heavy atom. The predicted octanol–water partition coefficient (Wildman–Crippen LogP) is 3.79. The first kappa shape index (κ1) is 11.7. The zero-order valence-electron chi connectivity index (χ0n) is 9.74. The molecule has 0 spiro atoms. The number of carboxylic acid groups (broad SMARTS) is 1. The third kappa shape index (κ3) is 2.28. The smallest absolute Gasteiger partial charge is 0.345 e. The Bertz CT molecular complexity index is 746. The van der Waals surface area contributed by atoms with E-state index >= 15 is 0 Å². The van der Waals surface area contributed by atoms with Gasteiger partial charge in [0.15, 0.2) is 5.06 Å². The van der Waals surface area contributed by atoms with Gasteiger partial charge in [-0.3, -0.25) is 4.98 Å². The number of benzene rings is 1. The van der Waals surface area contributed by atoms with Gasteiger partial charge in [0.25, 0.3) is 0 Å². The van der Waals surface area contributed by atoms with Gasteiger partial charge in [-0.25, -0.2) is 4.79 Å². The average Bonchev–Trinajstić information content (AvgIpc) is 2.88. The Hall–Kier alpha value is -2.40. The molecule has 3 rings (SSSR count). The second-order valence-electron chi connectivity index (χ2n) is 3.85. The standard InChI is InChI=1S/C14H9NO3S/c16-14(17)12-6-7-13(19-12)18-11-5-1-4-10-9(11)3-2-8-15-10/h1-8H,(H,16,17). The highest BCUT2D eigenvalue weighted by atomic mass is 32.1. The maximum Gasteiger partial charge on any atom is 0.345 e. The van der Waals surface area contributed by atoms with Crippen molar-refractivity contribution in [3.05, 3.63) is 53.5 Å². The highest BCUT2D eigenvalue weighted by Crippen LogP contribution is 2.33. The molecular weight excluding hydrogens is 262 g/mol. The van der Waals surface area contributed by atoms with Gasteiger partial charge in [-0.1, -0.05) is 17.4 Å². The molecule has 0 radical (unpaired) electrons. The minimum absolute atomic E-state index is 0.258. The van der Waals surface area contributed by atoms with Crippen molar-refractivity contribution < 1.29 is 14.6 Å². The van der Waals surface area contributed by atoms with Crippen molar-refractivity contribution in [1.29, 1.82) is 0 Å². The first-order valence-corrected chi connectivity index (χ1v) is 6.40. The highest BCUT2D eigenvalue weighted by Gasteiger charge is 2.09. The molecule has 0 saturated carbocycles. The van der Waals surface area contributed by atoms with Crippen LogP contribution in [0.2, 0.25) is 0 Å². The van der Waals surface area contributed by atoms with Gasteiger partial charge in [-0.2, -0.15) is 0 Å². The molecule has 3 aromatic rings.